The predicted octanol–water partition coefficient (Wildman–Crippen LogP) is 3.37. The molecule has 0 spiro atoms. The van der Waals surface area contributed by atoms with E-state index in [0.29, 0.717) is 22.3 Å². The van der Waals surface area contributed by atoms with Crippen LogP contribution in [0.3, 0.4) is 0 Å². The molecule has 0 atom stereocenters. The van der Waals surface area contributed by atoms with Gasteiger partial charge in [0.25, 0.3) is 5.56 Å². The van der Waals surface area contributed by atoms with Gasteiger partial charge in [0, 0.05) is 23.4 Å². The Balaban J connectivity index is 1.57. The second-order valence-corrected chi connectivity index (χ2v) is 7.42. The molecule has 0 saturated carbocycles. The average molecular weight is 455 g/mol. The van der Waals surface area contributed by atoms with E-state index in [4.69, 9.17) is 4.42 Å². The molecule has 2 heterocycles. The van der Waals surface area contributed by atoms with Crippen molar-refractivity contribution in [2.45, 2.75) is 25.9 Å². The second kappa shape index (κ2) is 8.93. The minimum Gasteiger partial charge on any atom is -0.435 e. The van der Waals surface area contributed by atoms with E-state index in [1.807, 2.05) is 0 Å². The zero-order valence-electron chi connectivity index (χ0n) is 17.4. The molecule has 0 radical (unpaired) electrons. The molecular formula is C23H19F2N3O5. The molecule has 4 rings (SSSR count). The maximum absolute atomic E-state index is 12.4. The first kappa shape index (κ1) is 22.3. The summed E-state index contributed by atoms with van der Waals surface area (Å²) in [5.74, 6) is -1.65. The summed E-state index contributed by atoms with van der Waals surface area (Å²) in [5, 5.41) is 27.6. The van der Waals surface area contributed by atoms with Gasteiger partial charge in [-0.3, -0.25) is 4.79 Å². The Labute approximate surface area is 186 Å². The number of benzene rings is 2. The van der Waals surface area contributed by atoms with Crippen LogP contribution >= 0.6 is 0 Å². The van der Waals surface area contributed by atoms with Crippen LogP contribution in [0.15, 0.2) is 76.1 Å². The predicted molar refractivity (Wildman–Crippen MR) is 113 cm³/mol. The Morgan fingerprint density at radius 3 is 2.36 bits per heavy atom. The topological polar surface area (TPSA) is 111 Å². The number of hydrogen-bond donors (Lipinski definition) is 2. The Bertz CT molecular complexity index is 1310. The van der Waals surface area contributed by atoms with Crippen molar-refractivity contribution >= 4 is 0 Å². The number of ether oxygens (including phenoxy) is 1. The SMILES string of the molecule is CC(O)(O)c1cccc(Cn2cc(-c3nnc(-c4ccc(OC(F)F)cc4)o3)ccc2=O)c1. The average Bonchev–Trinajstić information content (AvgIpc) is 3.25. The van der Waals surface area contributed by atoms with Crippen LogP contribution in [-0.4, -0.2) is 31.6 Å². The van der Waals surface area contributed by atoms with Gasteiger partial charge in [0.05, 0.1) is 12.1 Å². The highest BCUT2D eigenvalue weighted by molar-refractivity contribution is 5.58. The van der Waals surface area contributed by atoms with Crippen LogP contribution < -0.4 is 10.3 Å². The zero-order valence-corrected chi connectivity index (χ0v) is 17.4. The van der Waals surface area contributed by atoms with Gasteiger partial charge >= 0.3 is 6.61 Å². The normalized spacial score (nSPS) is 11.7. The summed E-state index contributed by atoms with van der Waals surface area (Å²) in [6.07, 6.45) is 1.56. The van der Waals surface area contributed by atoms with Crippen LogP contribution in [0.1, 0.15) is 18.1 Å². The number of rotatable bonds is 7. The van der Waals surface area contributed by atoms with E-state index in [-0.39, 0.29) is 29.6 Å². The minimum absolute atomic E-state index is 0.00680. The molecule has 0 amide bonds. The molecule has 0 aliphatic rings. The monoisotopic (exact) mass is 455 g/mol. The van der Waals surface area contributed by atoms with Crippen LogP contribution in [0, 0.1) is 0 Å². The van der Waals surface area contributed by atoms with E-state index in [2.05, 4.69) is 14.9 Å². The van der Waals surface area contributed by atoms with Gasteiger partial charge in [0.2, 0.25) is 11.8 Å². The molecule has 0 fully saturated rings. The van der Waals surface area contributed by atoms with Crippen molar-refractivity contribution in [1.82, 2.24) is 14.8 Å². The molecule has 8 nitrogen and oxygen atoms in total. The highest BCUT2D eigenvalue weighted by atomic mass is 19.3. The maximum atomic E-state index is 12.4. The first-order chi connectivity index (χ1) is 15.7. The fourth-order valence-corrected chi connectivity index (χ4v) is 3.18. The van der Waals surface area contributed by atoms with Crippen LogP contribution in [0.4, 0.5) is 8.78 Å². The molecule has 4 aromatic rings. The van der Waals surface area contributed by atoms with Gasteiger partial charge in [-0.15, -0.1) is 10.2 Å². The van der Waals surface area contributed by atoms with Crippen molar-refractivity contribution in [1.29, 1.82) is 0 Å². The number of halogens is 2. The minimum atomic E-state index is -2.92. The van der Waals surface area contributed by atoms with Gasteiger partial charge in [0.15, 0.2) is 5.79 Å². The molecule has 0 aliphatic carbocycles. The molecule has 2 aromatic carbocycles. The van der Waals surface area contributed by atoms with Crippen LogP contribution in [0.5, 0.6) is 5.75 Å². The van der Waals surface area contributed by atoms with Crippen molar-refractivity contribution < 1.29 is 28.1 Å². The Hall–Kier alpha value is -3.89. The lowest BCUT2D eigenvalue weighted by Gasteiger charge is -2.17. The number of pyridine rings is 1. The first-order valence-electron chi connectivity index (χ1n) is 9.83. The summed E-state index contributed by atoms with van der Waals surface area (Å²) >= 11 is 0. The molecule has 0 aliphatic heterocycles. The van der Waals surface area contributed by atoms with Gasteiger partial charge in [0.1, 0.15) is 5.75 Å². The third-order valence-electron chi connectivity index (χ3n) is 4.81. The number of nitrogens with zero attached hydrogens (tertiary/aromatic N) is 3. The molecule has 2 N–H and O–H groups in total. The number of aromatic nitrogens is 3. The van der Waals surface area contributed by atoms with Crippen LogP contribution in [0.2, 0.25) is 0 Å². The molecule has 33 heavy (non-hydrogen) atoms. The lowest BCUT2D eigenvalue weighted by molar-refractivity contribution is -0.152. The largest absolute Gasteiger partial charge is 0.435 e. The van der Waals surface area contributed by atoms with Crippen LogP contribution in [-0.2, 0) is 12.3 Å². The summed E-state index contributed by atoms with van der Waals surface area (Å²) in [5.41, 5.74) is 1.73. The highest BCUT2D eigenvalue weighted by Crippen LogP contribution is 2.26. The molecule has 0 saturated heterocycles. The van der Waals surface area contributed by atoms with E-state index in [1.54, 1.807) is 36.5 Å². The number of hydrogen-bond acceptors (Lipinski definition) is 7. The Morgan fingerprint density at radius 1 is 1.03 bits per heavy atom. The van der Waals surface area contributed by atoms with E-state index in [9.17, 15) is 23.8 Å². The van der Waals surface area contributed by atoms with E-state index in [1.165, 1.54) is 41.8 Å². The summed E-state index contributed by atoms with van der Waals surface area (Å²) in [7, 11) is 0. The van der Waals surface area contributed by atoms with Gasteiger partial charge in [-0.2, -0.15) is 8.78 Å². The maximum Gasteiger partial charge on any atom is 0.387 e. The number of aliphatic hydroxyl groups is 2. The molecular weight excluding hydrogens is 436 g/mol. The van der Waals surface area contributed by atoms with Crippen molar-refractivity contribution in [3.8, 4) is 28.7 Å². The molecule has 10 heteroatoms. The van der Waals surface area contributed by atoms with Gasteiger partial charge in [-0.25, -0.2) is 0 Å². The lowest BCUT2D eigenvalue weighted by Crippen LogP contribution is -2.21. The van der Waals surface area contributed by atoms with Gasteiger partial charge in [-0.1, -0.05) is 18.2 Å². The smallest absolute Gasteiger partial charge is 0.387 e. The van der Waals surface area contributed by atoms with E-state index >= 15 is 0 Å². The van der Waals surface area contributed by atoms with Gasteiger partial charge < -0.3 is 23.9 Å². The van der Waals surface area contributed by atoms with Crippen molar-refractivity contribution in [3.63, 3.8) is 0 Å². The lowest BCUT2D eigenvalue weighted by atomic mass is 10.0. The molecule has 2 aromatic heterocycles. The second-order valence-electron chi connectivity index (χ2n) is 7.42. The molecule has 0 bridgehead atoms. The van der Waals surface area contributed by atoms with Crippen LogP contribution in [0.25, 0.3) is 22.9 Å². The quantitative estimate of drug-likeness (QED) is 0.411. The zero-order chi connectivity index (χ0) is 23.6. The highest BCUT2D eigenvalue weighted by Gasteiger charge is 2.18. The standard InChI is InChI=1S/C23H19F2N3O5/c1-23(30,31)17-4-2-3-14(11-17)12-28-13-16(7-10-19(28)29)21-27-26-20(33-21)15-5-8-18(9-6-15)32-22(24)25/h2-11,13,22,30-31H,12H2,1H3. The van der Waals surface area contributed by atoms with Gasteiger partial charge in [-0.05, 0) is 48.9 Å². The van der Waals surface area contributed by atoms with Crippen molar-refractivity contribution in [3.05, 3.63) is 88.3 Å². The fourth-order valence-electron chi connectivity index (χ4n) is 3.18. The summed E-state index contributed by atoms with van der Waals surface area (Å²) in [4.78, 5) is 12.4. The summed E-state index contributed by atoms with van der Waals surface area (Å²) in [6, 6.07) is 15.3. The third-order valence-corrected chi connectivity index (χ3v) is 4.81. The van der Waals surface area contributed by atoms with E-state index < -0.39 is 12.4 Å². The molecule has 0 unspecified atom stereocenters. The first-order valence-corrected chi connectivity index (χ1v) is 9.83. The van der Waals surface area contributed by atoms with E-state index in [0.717, 1.165) is 0 Å². The van der Waals surface area contributed by atoms with Crippen molar-refractivity contribution in [2.75, 3.05) is 0 Å². The Kier molecular flexibility index (Phi) is 6.03. The molecule has 170 valence electrons. The number of alkyl halides is 2. The fraction of sp³-hybridized carbons (Fsp3) is 0.174. The van der Waals surface area contributed by atoms with Crippen molar-refractivity contribution in [2.24, 2.45) is 0 Å². The summed E-state index contributed by atoms with van der Waals surface area (Å²) in [6.45, 7) is -1.48. The third kappa shape index (κ3) is 5.30. The Morgan fingerprint density at radius 2 is 1.70 bits per heavy atom. The summed E-state index contributed by atoms with van der Waals surface area (Å²) < 4.78 is 36.0.